The molecule has 0 saturated carbocycles. The highest BCUT2D eigenvalue weighted by molar-refractivity contribution is 6.39. The molecule has 0 atom stereocenters. The summed E-state index contributed by atoms with van der Waals surface area (Å²) in [6.45, 7) is 4.92. The fourth-order valence-corrected chi connectivity index (χ4v) is 0.807. The minimum absolute atomic E-state index is 0.501. The van der Waals surface area contributed by atoms with Gasteiger partial charge in [0.25, 0.3) is 5.91 Å². The lowest BCUT2D eigenvalue weighted by Crippen LogP contribution is -2.19. The maximum absolute atomic E-state index is 10.9. The van der Waals surface area contributed by atoms with Gasteiger partial charge in [-0.25, -0.2) is 0 Å². The van der Waals surface area contributed by atoms with E-state index in [2.05, 4.69) is 12.2 Å². The number of carbonyl (C=O) groups is 2. The van der Waals surface area contributed by atoms with E-state index in [0.717, 1.165) is 5.56 Å². The van der Waals surface area contributed by atoms with Gasteiger partial charge >= 0.3 is 0 Å². The summed E-state index contributed by atoms with van der Waals surface area (Å²) in [5.41, 5.74) is 1.47. The van der Waals surface area contributed by atoms with Gasteiger partial charge in [0.15, 0.2) is 0 Å². The summed E-state index contributed by atoms with van der Waals surface area (Å²) in [5.74, 6) is -1.10. The number of ketones is 1. The Morgan fingerprint density at radius 3 is 2.23 bits per heavy atom. The van der Waals surface area contributed by atoms with Gasteiger partial charge in [0.05, 0.1) is 0 Å². The third-order valence-corrected chi connectivity index (χ3v) is 1.53. The van der Waals surface area contributed by atoms with Crippen molar-refractivity contribution in [2.75, 3.05) is 5.32 Å². The number of carbonyl (C=O) groups excluding carboxylic acids is 2. The highest BCUT2D eigenvalue weighted by atomic mass is 16.2. The Morgan fingerprint density at radius 1 is 1.23 bits per heavy atom. The molecule has 3 nitrogen and oxygen atoms in total. The fraction of sp³-hybridized carbons (Fsp3) is 0.100. The van der Waals surface area contributed by atoms with Crippen molar-refractivity contribution in [1.29, 1.82) is 0 Å². The van der Waals surface area contributed by atoms with Crippen LogP contribution in [-0.2, 0) is 9.59 Å². The first-order valence-corrected chi connectivity index (χ1v) is 3.83. The number of amides is 1. The number of nitrogens with one attached hydrogen (secondary N) is 1. The van der Waals surface area contributed by atoms with Crippen molar-refractivity contribution < 1.29 is 9.59 Å². The molecule has 1 aromatic rings. The van der Waals surface area contributed by atoms with E-state index in [0.29, 0.717) is 5.69 Å². The lowest BCUT2D eigenvalue weighted by atomic mass is 10.2. The number of rotatable bonds is 2. The monoisotopic (exact) mass is 176 g/mol. The number of hydrogen-bond donors (Lipinski definition) is 1. The van der Waals surface area contributed by atoms with Crippen LogP contribution in [0.5, 0.6) is 0 Å². The molecule has 0 saturated heterocycles. The number of anilines is 1. The first-order chi connectivity index (χ1) is 6.09. The van der Waals surface area contributed by atoms with Crippen molar-refractivity contribution in [3.8, 4) is 0 Å². The van der Waals surface area contributed by atoms with Crippen LogP contribution < -0.4 is 5.32 Å². The van der Waals surface area contributed by atoms with Crippen molar-refractivity contribution in [2.24, 2.45) is 0 Å². The Labute approximate surface area is 76.8 Å². The number of hydrogen-bond acceptors (Lipinski definition) is 2. The highest BCUT2D eigenvalue weighted by Crippen LogP contribution is 2.07. The minimum Gasteiger partial charge on any atom is -0.319 e. The second kappa shape index (κ2) is 3.85. The van der Waals surface area contributed by atoms with Crippen LogP contribution in [0.25, 0.3) is 0 Å². The van der Waals surface area contributed by atoms with Crippen LogP contribution in [0.2, 0.25) is 0 Å². The van der Waals surface area contributed by atoms with Crippen molar-refractivity contribution >= 4 is 17.4 Å². The Balaban J connectivity index is 2.70. The lowest BCUT2D eigenvalue weighted by Gasteiger charge is -2.01. The van der Waals surface area contributed by atoms with Crippen LogP contribution in [0.4, 0.5) is 5.69 Å². The standard InChI is InChI=1S/C10H10NO2/c1-7-3-5-9(6-4-7)11-10(13)8(2)12/h3-6H,1H2,2H3,(H,11,13). The zero-order valence-corrected chi connectivity index (χ0v) is 7.33. The summed E-state index contributed by atoms with van der Waals surface area (Å²) in [4.78, 5) is 21.5. The van der Waals surface area contributed by atoms with Gasteiger partial charge in [-0.3, -0.25) is 9.59 Å². The van der Waals surface area contributed by atoms with E-state index in [-0.39, 0.29) is 0 Å². The molecule has 1 rings (SSSR count). The van der Waals surface area contributed by atoms with E-state index in [9.17, 15) is 9.59 Å². The van der Waals surface area contributed by atoms with E-state index in [1.165, 1.54) is 6.92 Å². The SMILES string of the molecule is [CH2]c1ccc(NC(=O)C(C)=O)cc1. The highest BCUT2D eigenvalue weighted by Gasteiger charge is 2.06. The van der Waals surface area contributed by atoms with E-state index in [4.69, 9.17) is 0 Å². The first kappa shape index (κ1) is 9.45. The molecule has 0 unspecified atom stereocenters. The van der Waals surface area contributed by atoms with Crippen molar-refractivity contribution in [2.45, 2.75) is 6.92 Å². The van der Waals surface area contributed by atoms with Gasteiger partial charge in [0.2, 0.25) is 5.78 Å². The van der Waals surface area contributed by atoms with Gasteiger partial charge in [0.1, 0.15) is 0 Å². The summed E-state index contributed by atoms with van der Waals surface area (Å²) in [5, 5.41) is 2.45. The second-order valence-electron chi connectivity index (χ2n) is 2.71. The van der Waals surface area contributed by atoms with E-state index >= 15 is 0 Å². The molecule has 0 aliphatic rings. The topological polar surface area (TPSA) is 46.2 Å². The molecule has 0 aromatic heterocycles. The average Bonchev–Trinajstić information content (AvgIpc) is 2.08. The van der Waals surface area contributed by atoms with Crippen molar-refractivity contribution in [3.63, 3.8) is 0 Å². The Hall–Kier alpha value is -1.64. The van der Waals surface area contributed by atoms with Crippen LogP contribution in [-0.4, -0.2) is 11.7 Å². The maximum atomic E-state index is 10.9. The third kappa shape index (κ3) is 2.71. The molecule has 0 aliphatic heterocycles. The molecule has 67 valence electrons. The molecule has 13 heavy (non-hydrogen) atoms. The lowest BCUT2D eigenvalue weighted by molar-refractivity contribution is -0.133. The molecular formula is C10H10NO2. The predicted molar refractivity (Wildman–Crippen MR) is 50.2 cm³/mol. The smallest absolute Gasteiger partial charge is 0.291 e. The normalized spacial score (nSPS) is 9.38. The molecule has 1 N–H and O–H groups in total. The first-order valence-electron chi connectivity index (χ1n) is 3.83. The van der Waals surface area contributed by atoms with Gasteiger partial charge in [-0.05, 0) is 24.6 Å². The predicted octanol–water partition coefficient (Wildman–Crippen LogP) is 1.40. The number of Topliss-reactive ketones (excluding diaryl/α,β-unsaturated/α-hetero) is 1. The average molecular weight is 176 g/mol. The summed E-state index contributed by atoms with van der Waals surface area (Å²) >= 11 is 0. The van der Waals surface area contributed by atoms with Crippen molar-refractivity contribution in [3.05, 3.63) is 36.8 Å². The summed E-state index contributed by atoms with van der Waals surface area (Å²) in [6.07, 6.45) is 0. The van der Waals surface area contributed by atoms with Gasteiger partial charge in [-0.15, -0.1) is 0 Å². The third-order valence-electron chi connectivity index (χ3n) is 1.53. The number of benzene rings is 1. The van der Waals surface area contributed by atoms with Gasteiger partial charge in [-0.2, -0.15) is 0 Å². The summed E-state index contributed by atoms with van der Waals surface area (Å²) < 4.78 is 0. The molecule has 3 heteroatoms. The zero-order valence-electron chi connectivity index (χ0n) is 7.33. The molecule has 1 amide bonds. The van der Waals surface area contributed by atoms with Crippen LogP contribution in [0.3, 0.4) is 0 Å². The Morgan fingerprint density at radius 2 is 1.77 bits per heavy atom. The minimum atomic E-state index is -0.600. The largest absolute Gasteiger partial charge is 0.319 e. The van der Waals surface area contributed by atoms with E-state index in [1.807, 2.05) is 0 Å². The molecule has 0 aliphatic carbocycles. The Bertz CT molecular complexity index is 327. The van der Waals surface area contributed by atoms with Crippen LogP contribution in [0.15, 0.2) is 24.3 Å². The van der Waals surface area contributed by atoms with Crippen LogP contribution in [0, 0.1) is 6.92 Å². The zero-order chi connectivity index (χ0) is 9.84. The van der Waals surface area contributed by atoms with Crippen LogP contribution in [0.1, 0.15) is 12.5 Å². The van der Waals surface area contributed by atoms with Gasteiger partial charge < -0.3 is 5.32 Å². The van der Waals surface area contributed by atoms with Gasteiger partial charge in [-0.1, -0.05) is 12.1 Å². The summed E-state index contributed by atoms with van der Waals surface area (Å²) in [7, 11) is 0. The molecule has 0 fully saturated rings. The van der Waals surface area contributed by atoms with E-state index in [1.54, 1.807) is 24.3 Å². The second-order valence-corrected chi connectivity index (χ2v) is 2.71. The van der Waals surface area contributed by atoms with Crippen LogP contribution >= 0.6 is 0 Å². The molecule has 1 radical (unpaired) electrons. The van der Waals surface area contributed by atoms with Crippen molar-refractivity contribution in [1.82, 2.24) is 0 Å². The molecular weight excluding hydrogens is 166 g/mol. The molecule has 0 bridgehead atoms. The maximum Gasteiger partial charge on any atom is 0.291 e. The molecule has 1 aromatic carbocycles. The molecule has 0 spiro atoms. The fourth-order valence-electron chi connectivity index (χ4n) is 0.807. The van der Waals surface area contributed by atoms with Gasteiger partial charge in [0, 0.05) is 12.6 Å². The van der Waals surface area contributed by atoms with E-state index < -0.39 is 11.7 Å². The molecule has 0 heterocycles. The Kier molecular flexibility index (Phi) is 2.80. The quantitative estimate of drug-likeness (QED) is 0.692. The summed E-state index contributed by atoms with van der Waals surface area (Å²) in [6, 6.07) is 6.91.